The third-order valence-electron chi connectivity index (χ3n) is 5.74. The van der Waals surface area contributed by atoms with Crippen molar-refractivity contribution in [3.63, 3.8) is 0 Å². The average molecular weight is 400 g/mol. The summed E-state index contributed by atoms with van der Waals surface area (Å²) in [5.41, 5.74) is 5.06. The second kappa shape index (κ2) is 7.41. The molecule has 2 aromatic carbocycles. The SMILES string of the molecule is O=C(O)c1cc(C2CC2)cnc1Cc1ccc2c(ccn2Cc2ccc(F)cc2)c1. The number of aromatic nitrogens is 2. The number of carboxylic acid groups (broad SMARTS) is 1. The minimum atomic E-state index is -0.925. The molecule has 1 saturated carbocycles. The summed E-state index contributed by atoms with van der Waals surface area (Å²) in [7, 11) is 0. The Bertz CT molecular complexity index is 1240. The first kappa shape index (κ1) is 18.6. The van der Waals surface area contributed by atoms with Crippen LogP contribution in [-0.2, 0) is 13.0 Å². The molecule has 5 rings (SSSR count). The fraction of sp³-hybridized carbons (Fsp3) is 0.200. The lowest BCUT2D eigenvalue weighted by molar-refractivity contribution is 0.0695. The highest BCUT2D eigenvalue weighted by Gasteiger charge is 2.25. The Morgan fingerprint density at radius 1 is 1.07 bits per heavy atom. The highest BCUT2D eigenvalue weighted by atomic mass is 19.1. The highest BCUT2D eigenvalue weighted by Crippen LogP contribution is 2.40. The predicted molar refractivity (Wildman–Crippen MR) is 113 cm³/mol. The molecule has 0 bridgehead atoms. The maximum absolute atomic E-state index is 13.1. The van der Waals surface area contributed by atoms with Crippen LogP contribution in [0, 0.1) is 5.82 Å². The van der Waals surface area contributed by atoms with Crippen molar-refractivity contribution in [2.24, 2.45) is 0 Å². The topological polar surface area (TPSA) is 55.1 Å². The van der Waals surface area contributed by atoms with Crippen LogP contribution in [-0.4, -0.2) is 20.6 Å². The molecule has 0 amide bonds. The lowest BCUT2D eigenvalue weighted by Crippen LogP contribution is -2.07. The number of fused-ring (bicyclic) bond motifs is 1. The van der Waals surface area contributed by atoms with Crippen molar-refractivity contribution < 1.29 is 14.3 Å². The summed E-state index contributed by atoms with van der Waals surface area (Å²) >= 11 is 0. The van der Waals surface area contributed by atoms with Crippen LogP contribution in [0.1, 0.15) is 51.5 Å². The van der Waals surface area contributed by atoms with E-state index in [-0.39, 0.29) is 5.82 Å². The zero-order valence-corrected chi connectivity index (χ0v) is 16.4. The molecule has 1 aliphatic carbocycles. The number of rotatable bonds is 6. The molecule has 5 heteroatoms. The smallest absolute Gasteiger partial charge is 0.337 e. The van der Waals surface area contributed by atoms with Crippen molar-refractivity contribution in [2.45, 2.75) is 31.7 Å². The van der Waals surface area contributed by atoms with E-state index in [0.717, 1.165) is 40.4 Å². The van der Waals surface area contributed by atoms with Crippen LogP contribution in [0.3, 0.4) is 0 Å². The fourth-order valence-electron chi connectivity index (χ4n) is 3.95. The van der Waals surface area contributed by atoms with E-state index in [9.17, 15) is 14.3 Å². The standard InChI is InChI=1S/C25H21FN2O2/c26-21-6-1-16(2-7-21)15-28-10-9-19-11-17(3-8-24(19)28)12-23-22(25(29)30)13-20(14-27-23)18-4-5-18/h1-3,6-11,13-14,18H,4-5,12,15H2,(H,29,30). The van der Waals surface area contributed by atoms with E-state index in [2.05, 4.69) is 15.6 Å². The van der Waals surface area contributed by atoms with Crippen LogP contribution < -0.4 is 0 Å². The Kier molecular flexibility index (Phi) is 4.58. The molecule has 1 aliphatic rings. The second-order valence-electron chi connectivity index (χ2n) is 7.98. The van der Waals surface area contributed by atoms with Crippen molar-refractivity contribution in [3.05, 3.63) is 101 Å². The summed E-state index contributed by atoms with van der Waals surface area (Å²) in [6, 6.07) is 16.5. The van der Waals surface area contributed by atoms with Gasteiger partial charge in [-0.3, -0.25) is 4.98 Å². The first-order valence-electron chi connectivity index (χ1n) is 10.1. The average Bonchev–Trinajstić information content (AvgIpc) is 3.52. The largest absolute Gasteiger partial charge is 0.478 e. The van der Waals surface area contributed by atoms with E-state index < -0.39 is 5.97 Å². The third kappa shape index (κ3) is 3.71. The van der Waals surface area contributed by atoms with E-state index in [0.29, 0.717) is 30.1 Å². The minimum absolute atomic E-state index is 0.236. The number of aromatic carboxylic acids is 1. The first-order chi connectivity index (χ1) is 14.6. The molecule has 0 radical (unpaired) electrons. The van der Waals surface area contributed by atoms with Gasteiger partial charge in [0.15, 0.2) is 0 Å². The van der Waals surface area contributed by atoms with Gasteiger partial charge in [0.25, 0.3) is 0 Å². The van der Waals surface area contributed by atoms with Gasteiger partial charge in [-0.05, 0) is 77.2 Å². The molecule has 2 heterocycles. The lowest BCUT2D eigenvalue weighted by Gasteiger charge is -2.09. The monoisotopic (exact) mass is 400 g/mol. The highest BCUT2D eigenvalue weighted by molar-refractivity contribution is 5.89. The normalized spacial score (nSPS) is 13.6. The van der Waals surface area contributed by atoms with Gasteiger partial charge in [-0.25, -0.2) is 9.18 Å². The van der Waals surface area contributed by atoms with Crippen molar-refractivity contribution in [2.75, 3.05) is 0 Å². The van der Waals surface area contributed by atoms with Gasteiger partial charge >= 0.3 is 5.97 Å². The fourth-order valence-corrected chi connectivity index (χ4v) is 3.95. The van der Waals surface area contributed by atoms with Crippen molar-refractivity contribution in [3.8, 4) is 0 Å². The second-order valence-corrected chi connectivity index (χ2v) is 7.98. The molecular weight excluding hydrogens is 379 g/mol. The quantitative estimate of drug-likeness (QED) is 0.472. The molecule has 150 valence electrons. The number of carboxylic acids is 1. The summed E-state index contributed by atoms with van der Waals surface area (Å²) in [5, 5.41) is 10.7. The molecule has 4 nitrogen and oxygen atoms in total. The van der Waals surface area contributed by atoms with Gasteiger partial charge in [-0.2, -0.15) is 0 Å². The van der Waals surface area contributed by atoms with Crippen molar-refractivity contribution >= 4 is 16.9 Å². The van der Waals surface area contributed by atoms with E-state index in [4.69, 9.17) is 0 Å². The number of hydrogen-bond donors (Lipinski definition) is 1. The zero-order chi connectivity index (χ0) is 20.7. The molecule has 0 aliphatic heterocycles. The number of halogens is 1. The van der Waals surface area contributed by atoms with Crippen molar-refractivity contribution in [1.29, 1.82) is 0 Å². The molecule has 1 fully saturated rings. The summed E-state index contributed by atoms with van der Waals surface area (Å²) in [5.74, 6) is -0.686. The number of pyridine rings is 1. The molecule has 0 unspecified atom stereocenters. The van der Waals surface area contributed by atoms with Crippen molar-refractivity contribution in [1.82, 2.24) is 9.55 Å². The Morgan fingerprint density at radius 3 is 2.57 bits per heavy atom. The maximum atomic E-state index is 13.1. The maximum Gasteiger partial charge on any atom is 0.337 e. The van der Waals surface area contributed by atoms with Gasteiger partial charge in [0.05, 0.1) is 11.3 Å². The van der Waals surface area contributed by atoms with Gasteiger partial charge in [-0.1, -0.05) is 18.2 Å². The van der Waals surface area contributed by atoms with E-state index in [1.54, 1.807) is 18.2 Å². The van der Waals surface area contributed by atoms with Crippen LogP contribution in [0.25, 0.3) is 10.9 Å². The molecule has 2 aromatic heterocycles. The van der Waals surface area contributed by atoms with Gasteiger partial charge in [0.1, 0.15) is 5.82 Å². The minimum Gasteiger partial charge on any atom is -0.478 e. The van der Waals surface area contributed by atoms with Crippen LogP contribution >= 0.6 is 0 Å². The summed E-state index contributed by atoms with van der Waals surface area (Å²) < 4.78 is 15.3. The van der Waals surface area contributed by atoms with Gasteiger partial charge in [-0.15, -0.1) is 0 Å². The lowest BCUT2D eigenvalue weighted by atomic mass is 10.0. The molecule has 4 aromatic rings. The summed E-state index contributed by atoms with van der Waals surface area (Å²) in [6.07, 6.45) is 6.56. The van der Waals surface area contributed by atoms with E-state index in [1.165, 1.54) is 12.1 Å². The third-order valence-corrected chi connectivity index (χ3v) is 5.74. The number of hydrogen-bond acceptors (Lipinski definition) is 2. The Morgan fingerprint density at radius 2 is 1.83 bits per heavy atom. The van der Waals surface area contributed by atoms with Gasteiger partial charge < -0.3 is 9.67 Å². The van der Waals surface area contributed by atoms with E-state index >= 15 is 0 Å². The molecule has 0 atom stereocenters. The molecule has 1 N–H and O–H groups in total. The first-order valence-corrected chi connectivity index (χ1v) is 10.1. The van der Waals surface area contributed by atoms with Crippen LogP contribution in [0.4, 0.5) is 4.39 Å². The molecular formula is C25H21FN2O2. The Hall–Kier alpha value is -3.47. The molecule has 0 spiro atoms. The number of carbonyl (C=O) groups is 1. The van der Waals surface area contributed by atoms with Crippen LogP contribution in [0.5, 0.6) is 0 Å². The number of nitrogens with zero attached hydrogens (tertiary/aromatic N) is 2. The van der Waals surface area contributed by atoms with Gasteiger partial charge in [0, 0.05) is 30.9 Å². The van der Waals surface area contributed by atoms with Gasteiger partial charge in [0.2, 0.25) is 0 Å². The molecule has 0 saturated heterocycles. The van der Waals surface area contributed by atoms with Crippen LogP contribution in [0.15, 0.2) is 67.0 Å². The van der Waals surface area contributed by atoms with Crippen LogP contribution in [0.2, 0.25) is 0 Å². The van der Waals surface area contributed by atoms with E-state index in [1.807, 2.05) is 30.6 Å². The summed E-state index contributed by atoms with van der Waals surface area (Å²) in [4.78, 5) is 16.2. The summed E-state index contributed by atoms with van der Waals surface area (Å²) in [6.45, 7) is 0.663. The number of benzene rings is 2. The Labute approximate surface area is 173 Å². The molecule has 30 heavy (non-hydrogen) atoms. The Balaban J connectivity index is 1.41. The predicted octanol–water partition coefficient (Wildman–Crippen LogP) is 5.39. The zero-order valence-electron chi connectivity index (χ0n) is 16.4.